The quantitative estimate of drug-likeness (QED) is 0.497. The summed E-state index contributed by atoms with van der Waals surface area (Å²) in [7, 11) is 0. The van der Waals surface area contributed by atoms with Gasteiger partial charge in [-0.1, -0.05) is 44.2 Å². The summed E-state index contributed by atoms with van der Waals surface area (Å²) in [5, 5.41) is 7.62. The van der Waals surface area contributed by atoms with Crippen LogP contribution in [0.25, 0.3) is 0 Å². The Hall–Kier alpha value is -3.10. The molecule has 0 saturated carbocycles. The molecule has 0 aliphatic rings. The Balaban J connectivity index is 2.59. The van der Waals surface area contributed by atoms with Gasteiger partial charge >= 0.3 is 12.1 Å². The van der Waals surface area contributed by atoms with Gasteiger partial charge in [0.25, 0.3) is 0 Å². The van der Waals surface area contributed by atoms with Crippen molar-refractivity contribution < 1.29 is 28.7 Å². The van der Waals surface area contributed by atoms with E-state index in [0.717, 1.165) is 5.56 Å². The molecule has 0 bridgehead atoms. The largest absolute Gasteiger partial charge is 0.460 e. The molecule has 9 heteroatoms. The second kappa shape index (κ2) is 11.5. The van der Waals surface area contributed by atoms with Crippen LogP contribution < -0.4 is 16.0 Å². The number of nitrogens with one attached hydrogen (secondary N) is 3. The van der Waals surface area contributed by atoms with E-state index in [2.05, 4.69) is 16.0 Å². The number of rotatable bonds is 9. The van der Waals surface area contributed by atoms with E-state index in [1.807, 2.05) is 30.3 Å². The third-order valence-corrected chi connectivity index (χ3v) is 4.26. The normalized spacial score (nSPS) is 12.5. The van der Waals surface area contributed by atoms with Crippen LogP contribution >= 0.6 is 0 Å². The van der Waals surface area contributed by atoms with Gasteiger partial charge in [0.1, 0.15) is 30.3 Å². The highest BCUT2D eigenvalue weighted by molar-refractivity contribution is 5.94. The molecule has 9 nitrogen and oxygen atoms in total. The molecule has 32 heavy (non-hydrogen) atoms. The van der Waals surface area contributed by atoms with Crippen molar-refractivity contribution in [3.63, 3.8) is 0 Å². The number of carbonyl (C=O) groups is 4. The molecule has 0 spiro atoms. The summed E-state index contributed by atoms with van der Waals surface area (Å²) in [5.74, 6) is -1.97. The van der Waals surface area contributed by atoms with Crippen LogP contribution in [0.4, 0.5) is 4.79 Å². The zero-order chi connectivity index (χ0) is 24.5. The maximum absolute atomic E-state index is 12.8. The minimum absolute atomic E-state index is 0.0993. The van der Waals surface area contributed by atoms with Crippen molar-refractivity contribution in [1.82, 2.24) is 16.0 Å². The van der Waals surface area contributed by atoms with Gasteiger partial charge in [-0.25, -0.2) is 4.79 Å². The number of esters is 1. The second-order valence-corrected chi connectivity index (χ2v) is 9.31. The van der Waals surface area contributed by atoms with Gasteiger partial charge in [-0.3, -0.25) is 14.4 Å². The van der Waals surface area contributed by atoms with Crippen LogP contribution in [0.1, 0.15) is 54.0 Å². The molecular weight excluding hydrogens is 414 g/mol. The predicted molar refractivity (Wildman–Crippen MR) is 119 cm³/mol. The van der Waals surface area contributed by atoms with Crippen molar-refractivity contribution in [2.75, 3.05) is 6.54 Å². The number of ether oxygens (including phenoxy) is 2. The monoisotopic (exact) mass is 449 g/mol. The summed E-state index contributed by atoms with van der Waals surface area (Å²) >= 11 is 0. The number of hydrogen-bond acceptors (Lipinski definition) is 6. The Morgan fingerprint density at radius 1 is 0.969 bits per heavy atom. The fourth-order valence-corrected chi connectivity index (χ4v) is 2.57. The Kier molecular flexibility index (Phi) is 9.68. The van der Waals surface area contributed by atoms with Gasteiger partial charge in [-0.15, -0.1) is 0 Å². The summed E-state index contributed by atoms with van der Waals surface area (Å²) in [5.41, 5.74) is -1.22. The molecule has 3 N–H and O–H groups in total. The third-order valence-electron chi connectivity index (χ3n) is 4.26. The zero-order valence-corrected chi connectivity index (χ0v) is 19.9. The Bertz CT molecular complexity index is 800. The third kappa shape index (κ3) is 9.80. The van der Waals surface area contributed by atoms with Crippen LogP contribution in [-0.2, 0) is 30.5 Å². The maximum Gasteiger partial charge on any atom is 0.408 e. The Morgan fingerprint density at radius 3 is 2.09 bits per heavy atom. The van der Waals surface area contributed by atoms with E-state index >= 15 is 0 Å². The molecule has 1 aromatic carbocycles. The lowest BCUT2D eigenvalue weighted by molar-refractivity contribution is -0.145. The molecule has 3 amide bonds. The number of hydrogen-bond donors (Lipinski definition) is 3. The molecule has 178 valence electrons. The molecular formula is C23H35N3O6. The van der Waals surface area contributed by atoms with Gasteiger partial charge in [0, 0.05) is 0 Å². The Labute approximate surface area is 189 Å². The van der Waals surface area contributed by atoms with Crippen molar-refractivity contribution in [1.29, 1.82) is 0 Å². The van der Waals surface area contributed by atoms with Crippen molar-refractivity contribution in [2.45, 2.75) is 72.3 Å². The van der Waals surface area contributed by atoms with E-state index < -0.39 is 41.1 Å². The number of benzene rings is 1. The molecule has 0 aromatic heterocycles. The van der Waals surface area contributed by atoms with Crippen LogP contribution in [0.3, 0.4) is 0 Å². The molecule has 1 rings (SSSR count). The fraction of sp³-hybridized carbons (Fsp3) is 0.565. The van der Waals surface area contributed by atoms with E-state index in [1.54, 1.807) is 34.6 Å². The zero-order valence-electron chi connectivity index (χ0n) is 19.9. The standard InChI is InChI=1S/C23H35N3O6/c1-15(2)18(25-21(30)32-22(3,4)5)19(28)26-23(6,7)20(29)24-13-17(27)31-14-16-11-9-8-10-12-16/h8-12,15,18H,13-14H2,1-7H3,(H,24,29)(H,25,30)(H,26,28)/t18-/m0/s1. The lowest BCUT2D eigenvalue weighted by atomic mass is 9.99. The van der Waals surface area contributed by atoms with Crippen LogP contribution in [0.2, 0.25) is 0 Å². The van der Waals surface area contributed by atoms with E-state index in [9.17, 15) is 19.2 Å². The van der Waals surface area contributed by atoms with Crippen molar-refractivity contribution in [2.24, 2.45) is 5.92 Å². The molecule has 1 atom stereocenters. The van der Waals surface area contributed by atoms with E-state index in [0.29, 0.717) is 0 Å². The number of alkyl carbamates (subject to hydrolysis) is 1. The van der Waals surface area contributed by atoms with Gasteiger partial charge in [-0.05, 0) is 46.1 Å². The highest BCUT2D eigenvalue weighted by Crippen LogP contribution is 2.11. The summed E-state index contributed by atoms with van der Waals surface area (Å²) in [4.78, 5) is 49.3. The van der Waals surface area contributed by atoms with E-state index in [1.165, 1.54) is 13.8 Å². The molecule has 0 fully saturated rings. The first-order chi connectivity index (χ1) is 14.7. The van der Waals surface area contributed by atoms with Gasteiger partial charge in [-0.2, -0.15) is 0 Å². The van der Waals surface area contributed by atoms with Gasteiger partial charge in [0.2, 0.25) is 11.8 Å². The second-order valence-electron chi connectivity index (χ2n) is 9.31. The predicted octanol–water partition coefficient (Wildman–Crippen LogP) is 2.29. The first-order valence-electron chi connectivity index (χ1n) is 10.5. The summed E-state index contributed by atoms with van der Waals surface area (Å²) < 4.78 is 10.3. The van der Waals surface area contributed by atoms with Gasteiger partial charge < -0.3 is 25.4 Å². The molecule has 0 radical (unpaired) electrons. The van der Waals surface area contributed by atoms with Crippen LogP contribution in [0.15, 0.2) is 30.3 Å². The fourth-order valence-electron chi connectivity index (χ4n) is 2.57. The van der Waals surface area contributed by atoms with Gasteiger partial charge in [0.05, 0.1) is 0 Å². The summed E-state index contributed by atoms with van der Waals surface area (Å²) in [6.07, 6.45) is -0.727. The van der Waals surface area contributed by atoms with Crippen LogP contribution in [-0.4, -0.2) is 47.6 Å². The van der Waals surface area contributed by atoms with Crippen molar-refractivity contribution >= 4 is 23.9 Å². The maximum atomic E-state index is 12.8. The smallest absolute Gasteiger partial charge is 0.408 e. The van der Waals surface area contributed by atoms with Gasteiger partial charge in [0.15, 0.2) is 0 Å². The van der Waals surface area contributed by atoms with Crippen molar-refractivity contribution in [3.8, 4) is 0 Å². The lowest BCUT2D eigenvalue weighted by Crippen LogP contribution is -2.60. The van der Waals surface area contributed by atoms with Crippen molar-refractivity contribution in [3.05, 3.63) is 35.9 Å². The van der Waals surface area contributed by atoms with E-state index in [4.69, 9.17) is 9.47 Å². The van der Waals surface area contributed by atoms with Crippen LogP contribution in [0.5, 0.6) is 0 Å². The minimum atomic E-state index is -1.33. The highest BCUT2D eigenvalue weighted by atomic mass is 16.6. The SMILES string of the molecule is CC(C)[C@H](NC(=O)OC(C)(C)C)C(=O)NC(C)(C)C(=O)NCC(=O)OCc1ccccc1. The molecule has 0 unspecified atom stereocenters. The molecule has 0 aliphatic carbocycles. The number of carbonyl (C=O) groups excluding carboxylic acids is 4. The average Bonchev–Trinajstić information content (AvgIpc) is 2.67. The first-order valence-corrected chi connectivity index (χ1v) is 10.5. The number of amides is 3. The molecule has 0 heterocycles. The summed E-state index contributed by atoms with van der Waals surface area (Å²) in [6.45, 7) is 11.4. The Morgan fingerprint density at radius 2 is 1.56 bits per heavy atom. The minimum Gasteiger partial charge on any atom is -0.460 e. The highest BCUT2D eigenvalue weighted by Gasteiger charge is 2.34. The molecule has 0 saturated heterocycles. The topological polar surface area (TPSA) is 123 Å². The molecule has 0 aliphatic heterocycles. The van der Waals surface area contributed by atoms with E-state index in [-0.39, 0.29) is 19.1 Å². The average molecular weight is 450 g/mol. The lowest BCUT2D eigenvalue weighted by Gasteiger charge is -2.30. The first kappa shape index (κ1) is 26.9. The summed E-state index contributed by atoms with van der Waals surface area (Å²) in [6, 6.07) is 8.25. The molecule has 1 aromatic rings. The van der Waals surface area contributed by atoms with Crippen LogP contribution in [0, 0.1) is 5.92 Å².